The van der Waals surface area contributed by atoms with E-state index in [1.54, 1.807) is 0 Å². The Morgan fingerprint density at radius 1 is 0.714 bits per heavy atom. The van der Waals surface area contributed by atoms with Gasteiger partial charge in [-0.15, -0.1) is 12.8 Å². The first-order chi connectivity index (χ1) is 6.83. The molecule has 2 aromatic rings. The summed E-state index contributed by atoms with van der Waals surface area (Å²) in [5, 5.41) is 2.25. The minimum absolute atomic E-state index is 0.894. The van der Waals surface area contributed by atoms with Gasteiger partial charge >= 0.3 is 0 Å². The fraction of sp³-hybridized carbons (Fsp3) is 0. The quantitative estimate of drug-likeness (QED) is 0.541. The Kier molecular flexibility index (Phi) is 1.98. The maximum absolute atomic E-state index is 5.31. The second-order valence-corrected chi connectivity index (χ2v) is 3.07. The molecule has 0 saturated carbocycles. The van der Waals surface area contributed by atoms with Gasteiger partial charge in [0.1, 0.15) is 0 Å². The maximum Gasteiger partial charge on any atom is 0.0248 e. The van der Waals surface area contributed by atoms with Crippen LogP contribution in [-0.2, 0) is 0 Å². The normalized spacial score (nSPS) is 9.29. The Morgan fingerprint density at radius 2 is 1.14 bits per heavy atom. The minimum Gasteiger partial charge on any atom is -0.115 e. The molecule has 0 nitrogen and oxygen atoms in total. The third-order valence-electron chi connectivity index (χ3n) is 2.17. The average Bonchev–Trinajstić information content (AvgIpc) is 2.27. The van der Waals surface area contributed by atoms with E-state index < -0.39 is 0 Å². The highest BCUT2D eigenvalue weighted by molar-refractivity contribution is 5.85. The predicted octanol–water partition coefficient (Wildman–Crippen LogP) is 2.80. The highest BCUT2D eigenvalue weighted by Crippen LogP contribution is 2.17. The van der Waals surface area contributed by atoms with Gasteiger partial charge in [0.2, 0.25) is 0 Å². The SMILES string of the molecule is C#Cc1ccc2cc(C#C)ccc2c1. The topological polar surface area (TPSA) is 0 Å². The Labute approximate surface area is 83.6 Å². The van der Waals surface area contributed by atoms with Crippen molar-refractivity contribution in [3.63, 3.8) is 0 Å². The van der Waals surface area contributed by atoms with Gasteiger partial charge in [0.05, 0.1) is 0 Å². The van der Waals surface area contributed by atoms with Crippen LogP contribution in [0, 0.1) is 24.7 Å². The maximum atomic E-state index is 5.31. The van der Waals surface area contributed by atoms with Gasteiger partial charge in [0.25, 0.3) is 0 Å². The molecule has 0 aliphatic heterocycles. The van der Waals surface area contributed by atoms with Gasteiger partial charge in [-0.2, -0.15) is 0 Å². The van der Waals surface area contributed by atoms with Crippen LogP contribution in [0.5, 0.6) is 0 Å². The molecule has 0 aromatic heterocycles. The van der Waals surface area contributed by atoms with Crippen molar-refractivity contribution < 1.29 is 0 Å². The lowest BCUT2D eigenvalue weighted by molar-refractivity contribution is 1.67. The third-order valence-corrected chi connectivity index (χ3v) is 2.17. The molecule has 0 heteroatoms. The Hall–Kier alpha value is -2.18. The zero-order chi connectivity index (χ0) is 9.97. The van der Waals surface area contributed by atoms with Crippen LogP contribution in [0.15, 0.2) is 36.4 Å². The molecule has 0 amide bonds. The molecule has 0 heterocycles. The van der Waals surface area contributed by atoms with E-state index in [0.717, 1.165) is 21.9 Å². The molecule has 64 valence electrons. The number of hydrogen-bond donors (Lipinski definition) is 0. The number of hydrogen-bond acceptors (Lipinski definition) is 0. The predicted molar refractivity (Wildman–Crippen MR) is 59.8 cm³/mol. The third kappa shape index (κ3) is 1.35. The minimum atomic E-state index is 0.894. The van der Waals surface area contributed by atoms with Gasteiger partial charge in [0.15, 0.2) is 0 Å². The van der Waals surface area contributed by atoms with Crippen LogP contribution < -0.4 is 0 Å². The van der Waals surface area contributed by atoms with E-state index >= 15 is 0 Å². The summed E-state index contributed by atoms with van der Waals surface area (Å²) in [6, 6.07) is 11.8. The van der Waals surface area contributed by atoms with Crippen molar-refractivity contribution >= 4 is 10.8 Å². The number of terminal acetylenes is 2. The van der Waals surface area contributed by atoms with Crippen LogP contribution in [0.1, 0.15) is 11.1 Å². The van der Waals surface area contributed by atoms with E-state index in [9.17, 15) is 0 Å². The number of fused-ring (bicyclic) bond motifs is 1. The van der Waals surface area contributed by atoms with E-state index in [2.05, 4.69) is 11.8 Å². The van der Waals surface area contributed by atoms with Crippen LogP contribution in [0.4, 0.5) is 0 Å². The molecular weight excluding hydrogens is 168 g/mol. The molecule has 14 heavy (non-hydrogen) atoms. The van der Waals surface area contributed by atoms with Crippen molar-refractivity contribution in [3.05, 3.63) is 47.5 Å². The van der Waals surface area contributed by atoms with Crippen LogP contribution in [-0.4, -0.2) is 0 Å². The summed E-state index contributed by atoms with van der Waals surface area (Å²) in [7, 11) is 0. The fourth-order valence-electron chi connectivity index (χ4n) is 1.43. The summed E-state index contributed by atoms with van der Waals surface area (Å²) < 4.78 is 0. The largest absolute Gasteiger partial charge is 0.115 e. The van der Waals surface area contributed by atoms with Crippen LogP contribution in [0.3, 0.4) is 0 Å². The lowest BCUT2D eigenvalue weighted by atomic mass is 10.0. The van der Waals surface area contributed by atoms with Gasteiger partial charge in [-0.3, -0.25) is 0 Å². The monoisotopic (exact) mass is 176 g/mol. The highest BCUT2D eigenvalue weighted by Gasteiger charge is 1.95. The molecule has 0 saturated heterocycles. The molecular formula is C14H8. The second-order valence-electron chi connectivity index (χ2n) is 3.07. The Balaban J connectivity index is 2.72. The smallest absolute Gasteiger partial charge is 0.0248 e. The molecule has 2 aromatic carbocycles. The van der Waals surface area contributed by atoms with Gasteiger partial charge in [-0.05, 0) is 35.0 Å². The van der Waals surface area contributed by atoms with Crippen molar-refractivity contribution in [1.29, 1.82) is 0 Å². The van der Waals surface area contributed by atoms with E-state index in [4.69, 9.17) is 12.8 Å². The zero-order valence-corrected chi connectivity index (χ0v) is 7.62. The number of rotatable bonds is 0. The van der Waals surface area contributed by atoms with Gasteiger partial charge in [-0.25, -0.2) is 0 Å². The van der Waals surface area contributed by atoms with Crippen molar-refractivity contribution in [2.24, 2.45) is 0 Å². The lowest BCUT2D eigenvalue weighted by Gasteiger charge is -1.99. The molecule has 0 bridgehead atoms. The van der Waals surface area contributed by atoms with E-state index in [1.165, 1.54) is 0 Å². The van der Waals surface area contributed by atoms with Crippen LogP contribution in [0.25, 0.3) is 10.8 Å². The summed E-state index contributed by atoms with van der Waals surface area (Å²) in [5.74, 6) is 5.21. The molecule has 0 unspecified atom stereocenters. The Bertz CT molecular complexity index is 509. The molecule has 0 N–H and O–H groups in total. The second kappa shape index (κ2) is 3.29. The summed E-state index contributed by atoms with van der Waals surface area (Å²) in [5.41, 5.74) is 1.79. The summed E-state index contributed by atoms with van der Waals surface area (Å²) in [6.45, 7) is 0. The van der Waals surface area contributed by atoms with Crippen molar-refractivity contribution in [2.45, 2.75) is 0 Å². The Morgan fingerprint density at radius 3 is 1.50 bits per heavy atom. The van der Waals surface area contributed by atoms with E-state index in [0.29, 0.717) is 0 Å². The summed E-state index contributed by atoms with van der Waals surface area (Å²) in [6.07, 6.45) is 10.6. The fourth-order valence-corrected chi connectivity index (χ4v) is 1.43. The molecule has 0 radical (unpaired) electrons. The zero-order valence-electron chi connectivity index (χ0n) is 7.62. The molecule has 0 aliphatic rings. The molecule has 0 fully saturated rings. The van der Waals surface area contributed by atoms with Gasteiger partial charge in [0, 0.05) is 11.1 Å². The first kappa shape index (κ1) is 8.42. The number of benzene rings is 2. The van der Waals surface area contributed by atoms with Crippen LogP contribution >= 0.6 is 0 Å². The van der Waals surface area contributed by atoms with E-state index in [-0.39, 0.29) is 0 Å². The molecule has 0 atom stereocenters. The van der Waals surface area contributed by atoms with Crippen molar-refractivity contribution in [3.8, 4) is 24.7 Å². The highest BCUT2D eigenvalue weighted by atomic mass is 14.0. The first-order valence-electron chi connectivity index (χ1n) is 4.30. The summed E-state index contributed by atoms with van der Waals surface area (Å²) in [4.78, 5) is 0. The van der Waals surface area contributed by atoms with Crippen molar-refractivity contribution in [1.82, 2.24) is 0 Å². The standard InChI is InChI=1S/C14H8/c1-3-11-5-7-14-10-12(4-2)6-8-13(14)9-11/h1-2,5-10H. The first-order valence-corrected chi connectivity index (χ1v) is 4.30. The lowest BCUT2D eigenvalue weighted by Crippen LogP contribution is -1.78. The molecule has 0 aliphatic carbocycles. The van der Waals surface area contributed by atoms with Gasteiger partial charge in [-0.1, -0.05) is 24.0 Å². The van der Waals surface area contributed by atoms with Crippen molar-refractivity contribution in [2.75, 3.05) is 0 Å². The van der Waals surface area contributed by atoms with Gasteiger partial charge < -0.3 is 0 Å². The molecule has 0 spiro atoms. The molecule has 2 rings (SSSR count). The average molecular weight is 176 g/mol. The summed E-state index contributed by atoms with van der Waals surface area (Å²) >= 11 is 0. The van der Waals surface area contributed by atoms with E-state index in [1.807, 2.05) is 36.4 Å². The van der Waals surface area contributed by atoms with Crippen LogP contribution in [0.2, 0.25) is 0 Å².